The third kappa shape index (κ3) is 5.30. The molecule has 1 aromatic heterocycles. The van der Waals surface area contributed by atoms with Gasteiger partial charge in [-0.25, -0.2) is 0 Å². The van der Waals surface area contributed by atoms with E-state index in [1.807, 2.05) is 0 Å². The summed E-state index contributed by atoms with van der Waals surface area (Å²) in [7, 11) is 0. The van der Waals surface area contributed by atoms with E-state index in [1.54, 1.807) is 0 Å². The first-order valence-electron chi connectivity index (χ1n) is 18.0. The van der Waals surface area contributed by atoms with Gasteiger partial charge < -0.3 is 14.2 Å². The zero-order valence-electron chi connectivity index (χ0n) is 28.9. The molecule has 53 heavy (non-hydrogen) atoms. The van der Waals surface area contributed by atoms with Crippen molar-refractivity contribution in [2.45, 2.75) is 0 Å². The largest absolute Gasteiger partial charge is 0.455 e. The molecule has 10 aromatic rings. The second kappa shape index (κ2) is 12.9. The molecule has 3 heteroatoms. The molecule has 9 aromatic carbocycles. The normalized spacial score (nSPS) is 11.4. The zero-order chi connectivity index (χ0) is 35.1. The van der Waals surface area contributed by atoms with Crippen LogP contribution < -0.4 is 9.80 Å². The fourth-order valence-electron chi connectivity index (χ4n) is 7.84. The van der Waals surface area contributed by atoms with Crippen molar-refractivity contribution < 1.29 is 4.42 Å². The van der Waals surface area contributed by atoms with Crippen LogP contribution in [0.25, 0.3) is 54.6 Å². The molecule has 3 nitrogen and oxygen atoms in total. The van der Waals surface area contributed by atoms with Gasteiger partial charge in [0.2, 0.25) is 0 Å². The van der Waals surface area contributed by atoms with Crippen LogP contribution in [0.1, 0.15) is 0 Å². The van der Waals surface area contributed by atoms with Gasteiger partial charge in [0.1, 0.15) is 11.2 Å². The maximum atomic E-state index is 6.87. The van der Waals surface area contributed by atoms with Crippen molar-refractivity contribution >= 4 is 77.6 Å². The van der Waals surface area contributed by atoms with Gasteiger partial charge in [-0.2, -0.15) is 0 Å². The molecule has 0 saturated heterocycles. The molecule has 250 valence electrons. The molecule has 0 unspecified atom stereocenters. The lowest BCUT2D eigenvalue weighted by Gasteiger charge is -2.28. The molecule has 0 atom stereocenters. The molecule has 0 spiro atoms. The average molecular weight is 679 g/mol. The molecule has 10 rings (SSSR count). The smallest absolute Gasteiger partial charge is 0.143 e. The number of fused-ring (bicyclic) bond motifs is 6. The Morgan fingerprint density at radius 1 is 0.321 bits per heavy atom. The lowest BCUT2D eigenvalue weighted by Crippen LogP contribution is -2.11. The zero-order valence-corrected chi connectivity index (χ0v) is 28.9. The standard InChI is InChI=1S/C50H34N2O/c1-4-19-37(20-5-1)51(38-21-6-2-7-22-38)46-29-15-14-25-41(46)43-28-16-30-48-49(43)45-34-47(42-26-12-13-27-44(42)50(45)53-48)52(39-23-8-3-9-24-39)40-32-31-35-17-10-11-18-36(35)33-40/h1-34H. The maximum absolute atomic E-state index is 6.87. The Balaban J connectivity index is 1.26. The van der Waals surface area contributed by atoms with Gasteiger partial charge in [-0.15, -0.1) is 0 Å². The molecule has 0 radical (unpaired) electrons. The van der Waals surface area contributed by atoms with Crippen molar-refractivity contribution in [2.24, 2.45) is 0 Å². The number of benzene rings is 9. The van der Waals surface area contributed by atoms with E-state index in [2.05, 4.69) is 216 Å². The first kappa shape index (κ1) is 30.7. The summed E-state index contributed by atoms with van der Waals surface area (Å²) in [6.07, 6.45) is 0. The third-order valence-electron chi connectivity index (χ3n) is 10.2. The molecule has 0 bridgehead atoms. The van der Waals surface area contributed by atoms with Crippen LogP contribution in [-0.4, -0.2) is 0 Å². The summed E-state index contributed by atoms with van der Waals surface area (Å²) < 4.78 is 6.87. The molecule has 0 saturated carbocycles. The number of hydrogen-bond acceptors (Lipinski definition) is 3. The molecule has 0 fully saturated rings. The van der Waals surface area contributed by atoms with Crippen LogP contribution in [0.2, 0.25) is 0 Å². The van der Waals surface area contributed by atoms with Gasteiger partial charge in [-0.05, 0) is 83.1 Å². The summed E-state index contributed by atoms with van der Waals surface area (Å²) >= 11 is 0. The van der Waals surface area contributed by atoms with Crippen molar-refractivity contribution in [3.63, 3.8) is 0 Å². The van der Waals surface area contributed by atoms with E-state index in [1.165, 1.54) is 10.8 Å². The molecule has 1 heterocycles. The van der Waals surface area contributed by atoms with Gasteiger partial charge >= 0.3 is 0 Å². The van der Waals surface area contributed by atoms with Crippen LogP contribution in [-0.2, 0) is 0 Å². The molecule has 0 aliphatic heterocycles. The highest BCUT2D eigenvalue weighted by atomic mass is 16.3. The Hall–Kier alpha value is -7.10. The SMILES string of the molecule is c1ccc(N(c2ccccc2)c2ccccc2-c2cccc3oc4c5ccccc5c(N(c5ccccc5)c5ccc6ccccc6c5)cc4c23)cc1. The summed E-state index contributed by atoms with van der Waals surface area (Å²) in [6.45, 7) is 0. The van der Waals surface area contributed by atoms with Gasteiger partial charge in [-0.1, -0.05) is 140 Å². The summed E-state index contributed by atoms with van der Waals surface area (Å²) in [5.74, 6) is 0. The molecular weight excluding hydrogens is 645 g/mol. The fraction of sp³-hybridized carbons (Fsp3) is 0. The van der Waals surface area contributed by atoms with Crippen molar-refractivity contribution in [3.05, 3.63) is 206 Å². The highest BCUT2D eigenvalue weighted by Gasteiger charge is 2.24. The highest BCUT2D eigenvalue weighted by molar-refractivity contribution is 6.23. The van der Waals surface area contributed by atoms with Gasteiger partial charge in [0.05, 0.1) is 11.4 Å². The topological polar surface area (TPSA) is 19.6 Å². The van der Waals surface area contributed by atoms with E-state index in [0.717, 1.165) is 78.0 Å². The monoisotopic (exact) mass is 678 g/mol. The predicted octanol–water partition coefficient (Wildman–Crippen LogP) is 14.5. The van der Waals surface area contributed by atoms with Gasteiger partial charge in [0, 0.05) is 49.9 Å². The van der Waals surface area contributed by atoms with Crippen LogP contribution >= 0.6 is 0 Å². The molecule has 0 amide bonds. The van der Waals surface area contributed by atoms with Crippen LogP contribution in [0.3, 0.4) is 0 Å². The number of nitrogens with zero attached hydrogens (tertiary/aromatic N) is 2. The van der Waals surface area contributed by atoms with Crippen LogP contribution in [0, 0.1) is 0 Å². The van der Waals surface area contributed by atoms with Crippen molar-refractivity contribution in [3.8, 4) is 11.1 Å². The van der Waals surface area contributed by atoms with Gasteiger partial charge in [0.25, 0.3) is 0 Å². The van der Waals surface area contributed by atoms with E-state index in [4.69, 9.17) is 4.42 Å². The van der Waals surface area contributed by atoms with Crippen molar-refractivity contribution in [1.82, 2.24) is 0 Å². The lowest BCUT2D eigenvalue weighted by molar-refractivity contribution is 0.673. The van der Waals surface area contributed by atoms with Crippen molar-refractivity contribution in [2.75, 3.05) is 9.80 Å². The first-order chi connectivity index (χ1) is 26.3. The number of hydrogen-bond donors (Lipinski definition) is 0. The summed E-state index contributed by atoms with van der Waals surface area (Å²) in [4.78, 5) is 4.73. The Bertz CT molecular complexity index is 2860. The van der Waals surface area contributed by atoms with Crippen LogP contribution in [0.4, 0.5) is 34.1 Å². The third-order valence-corrected chi connectivity index (χ3v) is 10.2. The second-order valence-corrected chi connectivity index (χ2v) is 13.3. The van der Waals surface area contributed by atoms with E-state index in [-0.39, 0.29) is 0 Å². The van der Waals surface area contributed by atoms with E-state index >= 15 is 0 Å². The molecule has 0 aliphatic carbocycles. The fourth-order valence-corrected chi connectivity index (χ4v) is 7.84. The second-order valence-electron chi connectivity index (χ2n) is 13.3. The number of furan rings is 1. The lowest BCUT2D eigenvalue weighted by atomic mass is 9.95. The number of anilines is 6. The first-order valence-corrected chi connectivity index (χ1v) is 18.0. The molecule has 0 N–H and O–H groups in total. The van der Waals surface area contributed by atoms with E-state index < -0.39 is 0 Å². The Morgan fingerprint density at radius 2 is 0.868 bits per heavy atom. The van der Waals surface area contributed by atoms with Gasteiger partial charge in [0.15, 0.2) is 0 Å². The van der Waals surface area contributed by atoms with Gasteiger partial charge in [-0.3, -0.25) is 0 Å². The van der Waals surface area contributed by atoms with Crippen LogP contribution in [0.15, 0.2) is 211 Å². The highest BCUT2D eigenvalue weighted by Crippen LogP contribution is 2.48. The quantitative estimate of drug-likeness (QED) is 0.167. The summed E-state index contributed by atoms with van der Waals surface area (Å²) in [5.41, 5.74) is 10.5. The molecule has 0 aliphatic rings. The Labute approximate surface area is 308 Å². The summed E-state index contributed by atoms with van der Waals surface area (Å²) in [6, 6.07) is 73.2. The minimum Gasteiger partial charge on any atom is -0.455 e. The number of para-hydroxylation sites is 4. The van der Waals surface area contributed by atoms with Crippen LogP contribution in [0.5, 0.6) is 0 Å². The van der Waals surface area contributed by atoms with Crippen molar-refractivity contribution in [1.29, 1.82) is 0 Å². The number of rotatable bonds is 7. The maximum Gasteiger partial charge on any atom is 0.143 e. The molecular formula is C50H34N2O. The Kier molecular flexibility index (Phi) is 7.47. The minimum absolute atomic E-state index is 0.859. The van der Waals surface area contributed by atoms with E-state index in [0.29, 0.717) is 0 Å². The average Bonchev–Trinajstić information content (AvgIpc) is 3.62. The summed E-state index contributed by atoms with van der Waals surface area (Å²) in [5, 5.41) is 6.78. The minimum atomic E-state index is 0.859. The predicted molar refractivity (Wildman–Crippen MR) is 224 cm³/mol. The van der Waals surface area contributed by atoms with E-state index in [9.17, 15) is 0 Å². The Morgan fingerprint density at radius 3 is 1.57 bits per heavy atom.